The summed E-state index contributed by atoms with van der Waals surface area (Å²) in [4.78, 5) is 0. The van der Waals surface area contributed by atoms with Gasteiger partial charge in [-0.2, -0.15) is 5.10 Å². The third kappa shape index (κ3) is 3.45. The van der Waals surface area contributed by atoms with Crippen LogP contribution < -0.4 is 5.32 Å². The molecule has 0 fully saturated rings. The summed E-state index contributed by atoms with van der Waals surface area (Å²) in [6.45, 7) is 3.05. The highest BCUT2D eigenvalue weighted by Crippen LogP contribution is 2.33. The van der Waals surface area contributed by atoms with Crippen LogP contribution in [0.5, 0.6) is 0 Å². The second-order valence-corrected chi connectivity index (χ2v) is 6.73. The molecule has 0 saturated heterocycles. The van der Waals surface area contributed by atoms with Gasteiger partial charge in [0.05, 0.1) is 22.4 Å². The molecule has 6 heteroatoms. The first-order valence-electron chi connectivity index (χ1n) is 6.40. The van der Waals surface area contributed by atoms with E-state index in [4.69, 9.17) is 11.6 Å². The number of rotatable bonds is 5. The number of hydrogen-bond acceptors (Lipinski definition) is 2. The second kappa shape index (κ2) is 7.07. The Morgan fingerprint density at radius 2 is 2.15 bits per heavy atom. The van der Waals surface area contributed by atoms with E-state index in [-0.39, 0.29) is 6.04 Å². The number of halogens is 3. The van der Waals surface area contributed by atoms with Crippen LogP contribution in [0, 0.1) is 0 Å². The predicted octanol–water partition coefficient (Wildman–Crippen LogP) is 4.69. The van der Waals surface area contributed by atoms with E-state index in [1.165, 1.54) is 0 Å². The molecular formula is C14H16Br2ClN3. The van der Waals surface area contributed by atoms with E-state index < -0.39 is 0 Å². The maximum absolute atomic E-state index is 6.39. The Balaban J connectivity index is 2.50. The lowest BCUT2D eigenvalue weighted by Crippen LogP contribution is -2.26. The first kappa shape index (κ1) is 16.0. The van der Waals surface area contributed by atoms with E-state index in [0.29, 0.717) is 0 Å². The van der Waals surface area contributed by atoms with Gasteiger partial charge in [0, 0.05) is 16.5 Å². The molecule has 0 bridgehead atoms. The summed E-state index contributed by atoms with van der Waals surface area (Å²) in [5.41, 5.74) is 2.11. The average molecular weight is 422 g/mol. The standard InChI is InChI=1S/C14H16Br2ClN3/c1-3-6-18-13(14-11(16)8-19-20(14)2)10-7-9(15)4-5-12(10)17/h4-5,7-8,13,18H,3,6H2,1-2H3. The van der Waals surface area contributed by atoms with Crippen molar-refractivity contribution in [3.05, 3.63) is 49.6 Å². The summed E-state index contributed by atoms with van der Waals surface area (Å²) < 4.78 is 3.86. The molecule has 0 amide bonds. The highest BCUT2D eigenvalue weighted by Gasteiger charge is 2.22. The van der Waals surface area contributed by atoms with Gasteiger partial charge in [-0.15, -0.1) is 0 Å². The molecule has 0 aliphatic heterocycles. The molecule has 0 aliphatic carbocycles. The van der Waals surface area contributed by atoms with Gasteiger partial charge in [0.2, 0.25) is 0 Å². The molecule has 3 nitrogen and oxygen atoms in total. The Morgan fingerprint density at radius 1 is 1.40 bits per heavy atom. The van der Waals surface area contributed by atoms with E-state index in [9.17, 15) is 0 Å². The predicted molar refractivity (Wildman–Crippen MR) is 90.2 cm³/mol. The average Bonchev–Trinajstić information content (AvgIpc) is 2.74. The molecular weight excluding hydrogens is 405 g/mol. The molecule has 0 radical (unpaired) electrons. The van der Waals surface area contributed by atoms with E-state index in [1.807, 2.05) is 30.1 Å². The van der Waals surface area contributed by atoms with Crippen LogP contribution in [0.25, 0.3) is 0 Å². The summed E-state index contributed by atoms with van der Waals surface area (Å²) in [7, 11) is 1.94. The summed E-state index contributed by atoms with van der Waals surface area (Å²) in [6.07, 6.45) is 2.86. The molecule has 108 valence electrons. The monoisotopic (exact) mass is 419 g/mol. The van der Waals surface area contributed by atoms with Crippen LogP contribution in [-0.2, 0) is 7.05 Å². The minimum atomic E-state index is 0.00169. The molecule has 1 N–H and O–H groups in total. The van der Waals surface area contributed by atoms with Crippen LogP contribution in [0.15, 0.2) is 33.3 Å². The Hall–Kier alpha value is -0.360. The molecule has 1 heterocycles. The lowest BCUT2D eigenvalue weighted by Gasteiger charge is -2.21. The Labute approximate surface area is 141 Å². The van der Waals surface area contributed by atoms with Crippen molar-refractivity contribution in [1.29, 1.82) is 0 Å². The molecule has 0 aliphatic rings. The Bertz CT molecular complexity index is 579. The van der Waals surface area contributed by atoms with Crippen LogP contribution in [-0.4, -0.2) is 16.3 Å². The molecule has 2 aromatic rings. The zero-order valence-electron chi connectivity index (χ0n) is 11.3. The van der Waals surface area contributed by atoms with Crippen molar-refractivity contribution in [3.63, 3.8) is 0 Å². The van der Waals surface area contributed by atoms with E-state index in [1.54, 1.807) is 0 Å². The molecule has 0 saturated carbocycles. The Morgan fingerprint density at radius 3 is 2.75 bits per heavy atom. The molecule has 20 heavy (non-hydrogen) atoms. The van der Waals surface area contributed by atoms with Gasteiger partial charge in [-0.05, 0) is 52.7 Å². The lowest BCUT2D eigenvalue weighted by atomic mass is 10.0. The maximum Gasteiger partial charge on any atom is 0.0774 e. The highest BCUT2D eigenvalue weighted by molar-refractivity contribution is 9.10. The molecule has 0 spiro atoms. The fraction of sp³-hybridized carbons (Fsp3) is 0.357. The topological polar surface area (TPSA) is 29.9 Å². The first-order chi connectivity index (χ1) is 9.54. The number of nitrogens with one attached hydrogen (secondary N) is 1. The number of nitrogens with zero attached hydrogens (tertiary/aromatic N) is 2. The quantitative estimate of drug-likeness (QED) is 0.759. The largest absolute Gasteiger partial charge is 0.305 e. The number of hydrogen-bond donors (Lipinski definition) is 1. The second-order valence-electron chi connectivity index (χ2n) is 4.55. The molecule has 1 atom stereocenters. The summed E-state index contributed by atoms with van der Waals surface area (Å²) in [5, 5.41) is 8.58. The molecule has 1 unspecified atom stereocenters. The minimum absolute atomic E-state index is 0.00169. The van der Waals surface area contributed by atoms with E-state index in [2.05, 4.69) is 55.3 Å². The van der Waals surface area contributed by atoms with Crippen LogP contribution in [0.3, 0.4) is 0 Å². The van der Waals surface area contributed by atoms with E-state index in [0.717, 1.165) is 38.2 Å². The van der Waals surface area contributed by atoms with Gasteiger partial charge in [0.15, 0.2) is 0 Å². The van der Waals surface area contributed by atoms with Gasteiger partial charge in [-0.1, -0.05) is 34.5 Å². The number of benzene rings is 1. The van der Waals surface area contributed by atoms with Gasteiger partial charge in [-0.3, -0.25) is 4.68 Å². The zero-order chi connectivity index (χ0) is 14.7. The first-order valence-corrected chi connectivity index (χ1v) is 8.36. The Kier molecular flexibility index (Phi) is 5.66. The van der Waals surface area contributed by atoms with E-state index >= 15 is 0 Å². The van der Waals surface area contributed by atoms with Crippen molar-refractivity contribution < 1.29 is 0 Å². The SMILES string of the molecule is CCCNC(c1cc(Br)ccc1Cl)c1c(Br)cnn1C. The summed E-state index contributed by atoms with van der Waals surface area (Å²) in [5.74, 6) is 0. The van der Waals surface area contributed by atoms with Gasteiger partial charge < -0.3 is 5.32 Å². The lowest BCUT2D eigenvalue weighted by molar-refractivity contribution is 0.552. The van der Waals surface area contributed by atoms with Crippen LogP contribution in [0.4, 0.5) is 0 Å². The fourth-order valence-corrected chi connectivity index (χ4v) is 3.31. The fourth-order valence-electron chi connectivity index (χ4n) is 2.12. The van der Waals surface area contributed by atoms with Crippen LogP contribution in [0.1, 0.15) is 30.6 Å². The maximum atomic E-state index is 6.39. The molecule has 1 aromatic carbocycles. The van der Waals surface area contributed by atoms with Crippen LogP contribution in [0.2, 0.25) is 5.02 Å². The normalized spacial score (nSPS) is 12.7. The van der Waals surface area contributed by atoms with Crippen molar-refractivity contribution >= 4 is 43.5 Å². The van der Waals surface area contributed by atoms with Crippen molar-refractivity contribution in [1.82, 2.24) is 15.1 Å². The third-order valence-corrected chi connectivity index (χ3v) is 4.53. The highest BCUT2D eigenvalue weighted by atomic mass is 79.9. The summed E-state index contributed by atoms with van der Waals surface area (Å²) >= 11 is 13.5. The van der Waals surface area contributed by atoms with Gasteiger partial charge in [-0.25, -0.2) is 0 Å². The minimum Gasteiger partial charge on any atom is -0.305 e. The van der Waals surface area contributed by atoms with Crippen molar-refractivity contribution in [2.24, 2.45) is 7.05 Å². The van der Waals surface area contributed by atoms with Crippen LogP contribution >= 0.6 is 43.5 Å². The van der Waals surface area contributed by atoms with Crippen molar-refractivity contribution in [3.8, 4) is 0 Å². The van der Waals surface area contributed by atoms with Gasteiger partial charge in [0.25, 0.3) is 0 Å². The molecule has 2 rings (SSSR count). The zero-order valence-corrected chi connectivity index (χ0v) is 15.3. The third-order valence-electron chi connectivity index (χ3n) is 3.08. The van der Waals surface area contributed by atoms with Gasteiger partial charge in [0.1, 0.15) is 0 Å². The smallest absolute Gasteiger partial charge is 0.0774 e. The number of aryl methyl sites for hydroxylation is 1. The summed E-state index contributed by atoms with van der Waals surface area (Å²) in [6, 6.07) is 5.91. The van der Waals surface area contributed by atoms with Crippen molar-refractivity contribution in [2.75, 3.05) is 6.54 Å². The van der Waals surface area contributed by atoms with Gasteiger partial charge >= 0.3 is 0 Å². The molecule has 1 aromatic heterocycles. The number of aromatic nitrogens is 2. The van der Waals surface area contributed by atoms with Crippen molar-refractivity contribution in [2.45, 2.75) is 19.4 Å².